The third kappa shape index (κ3) is 3.08. The first-order valence-corrected chi connectivity index (χ1v) is 5.83. The number of hydrogen-bond donors (Lipinski definition) is 1. The molecule has 90 valence electrons. The summed E-state index contributed by atoms with van der Waals surface area (Å²) in [4.78, 5) is 16.0. The Hall–Kier alpha value is -1.32. The van der Waals surface area contributed by atoms with Crippen molar-refractivity contribution in [2.75, 3.05) is 13.2 Å². The molecule has 0 aromatic heterocycles. The Morgan fingerprint density at radius 3 is 2.75 bits per heavy atom. The van der Waals surface area contributed by atoms with Crippen LogP contribution in [0.4, 0.5) is 0 Å². The molecule has 0 saturated heterocycles. The standard InChI is InChI=1S/C12H19NO3/c1-3-6-10(14)11(12(15)16-4-2)9-7-5-8-13-9/h14H,3-8H2,1-2H3/b11-10+. The van der Waals surface area contributed by atoms with E-state index >= 15 is 0 Å². The molecule has 0 bridgehead atoms. The molecule has 0 fully saturated rings. The molecular formula is C12H19NO3. The molecule has 0 spiro atoms. The van der Waals surface area contributed by atoms with Gasteiger partial charge in [0.25, 0.3) is 0 Å². The molecule has 4 heteroatoms. The van der Waals surface area contributed by atoms with Crippen LogP contribution >= 0.6 is 0 Å². The van der Waals surface area contributed by atoms with Crippen LogP contribution in [0, 0.1) is 0 Å². The zero-order chi connectivity index (χ0) is 12.0. The van der Waals surface area contributed by atoms with Gasteiger partial charge in [0.1, 0.15) is 11.3 Å². The van der Waals surface area contributed by atoms with E-state index in [0.717, 1.165) is 25.8 Å². The van der Waals surface area contributed by atoms with E-state index in [2.05, 4.69) is 4.99 Å². The number of carbonyl (C=O) groups is 1. The largest absolute Gasteiger partial charge is 0.511 e. The van der Waals surface area contributed by atoms with E-state index in [1.165, 1.54) is 0 Å². The SMILES string of the molecule is CCC/C(O)=C(\C(=O)OCC)C1=NCCC1. The Labute approximate surface area is 96.0 Å². The number of aliphatic hydroxyl groups excluding tert-OH is 1. The van der Waals surface area contributed by atoms with Crippen molar-refractivity contribution in [2.45, 2.75) is 39.5 Å². The number of esters is 1. The van der Waals surface area contributed by atoms with Crippen LogP contribution < -0.4 is 0 Å². The van der Waals surface area contributed by atoms with E-state index in [4.69, 9.17) is 4.74 Å². The van der Waals surface area contributed by atoms with E-state index in [0.29, 0.717) is 24.3 Å². The molecule has 0 saturated carbocycles. The predicted octanol–water partition coefficient (Wildman–Crippen LogP) is 2.40. The molecule has 1 aliphatic rings. The summed E-state index contributed by atoms with van der Waals surface area (Å²) in [5, 5.41) is 9.86. The van der Waals surface area contributed by atoms with Crippen molar-refractivity contribution in [3.8, 4) is 0 Å². The highest BCUT2D eigenvalue weighted by atomic mass is 16.5. The Morgan fingerprint density at radius 1 is 1.50 bits per heavy atom. The molecule has 1 N–H and O–H groups in total. The minimum absolute atomic E-state index is 0.113. The van der Waals surface area contributed by atoms with Crippen molar-refractivity contribution < 1.29 is 14.6 Å². The van der Waals surface area contributed by atoms with Gasteiger partial charge in [-0.15, -0.1) is 0 Å². The Bertz CT molecular complexity index is 318. The molecule has 0 aliphatic carbocycles. The summed E-state index contributed by atoms with van der Waals surface area (Å²) < 4.78 is 4.95. The van der Waals surface area contributed by atoms with Gasteiger partial charge in [0, 0.05) is 13.0 Å². The number of nitrogens with zero attached hydrogens (tertiary/aromatic N) is 1. The topological polar surface area (TPSA) is 58.9 Å². The summed E-state index contributed by atoms with van der Waals surface area (Å²) in [5.41, 5.74) is 0.991. The molecular weight excluding hydrogens is 206 g/mol. The van der Waals surface area contributed by atoms with E-state index in [9.17, 15) is 9.90 Å². The van der Waals surface area contributed by atoms with Gasteiger partial charge in [-0.2, -0.15) is 0 Å². The number of rotatable bonds is 5. The first-order chi connectivity index (χ1) is 7.70. The van der Waals surface area contributed by atoms with Crippen LogP contribution in [-0.4, -0.2) is 29.9 Å². The summed E-state index contributed by atoms with van der Waals surface area (Å²) in [6.07, 6.45) is 2.98. The third-order valence-corrected chi connectivity index (χ3v) is 2.42. The van der Waals surface area contributed by atoms with Crippen LogP contribution in [0.15, 0.2) is 16.3 Å². The molecule has 1 heterocycles. The lowest BCUT2D eigenvalue weighted by atomic mass is 10.0. The number of aliphatic hydroxyl groups is 1. The zero-order valence-electron chi connectivity index (χ0n) is 9.95. The maximum absolute atomic E-state index is 11.7. The number of allylic oxidation sites excluding steroid dienone is 1. The van der Waals surface area contributed by atoms with Gasteiger partial charge in [-0.25, -0.2) is 4.79 Å². The average Bonchev–Trinajstić information content (AvgIpc) is 2.72. The molecule has 1 rings (SSSR count). The monoisotopic (exact) mass is 225 g/mol. The maximum Gasteiger partial charge on any atom is 0.343 e. The molecule has 0 unspecified atom stereocenters. The van der Waals surface area contributed by atoms with Gasteiger partial charge in [0.05, 0.1) is 12.3 Å². The summed E-state index contributed by atoms with van der Waals surface area (Å²) in [6, 6.07) is 0. The molecule has 4 nitrogen and oxygen atoms in total. The van der Waals surface area contributed by atoms with Crippen LogP contribution in [0.25, 0.3) is 0 Å². The van der Waals surface area contributed by atoms with Crippen molar-refractivity contribution in [1.29, 1.82) is 0 Å². The van der Waals surface area contributed by atoms with Crippen molar-refractivity contribution in [3.63, 3.8) is 0 Å². The minimum atomic E-state index is -0.450. The molecule has 0 atom stereocenters. The number of ether oxygens (including phenoxy) is 1. The average molecular weight is 225 g/mol. The number of hydrogen-bond acceptors (Lipinski definition) is 4. The van der Waals surface area contributed by atoms with Crippen LogP contribution in [0.2, 0.25) is 0 Å². The minimum Gasteiger partial charge on any atom is -0.511 e. The van der Waals surface area contributed by atoms with Crippen molar-refractivity contribution in [3.05, 3.63) is 11.3 Å². The number of aliphatic imine (C=N–C) groups is 1. The Balaban J connectivity index is 2.92. The molecule has 0 radical (unpaired) electrons. The second-order valence-corrected chi connectivity index (χ2v) is 3.72. The van der Waals surface area contributed by atoms with Gasteiger partial charge in [0.15, 0.2) is 0 Å². The van der Waals surface area contributed by atoms with Crippen LogP contribution in [0.1, 0.15) is 39.5 Å². The molecule has 0 aromatic rings. The maximum atomic E-state index is 11.7. The highest BCUT2D eigenvalue weighted by Gasteiger charge is 2.23. The molecule has 0 aromatic carbocycles. The Kier molecular flexibility index (Phi) is 5.02. The fourth-order valence-corrected chi connectivity index (χ4v) is 1.71. The van der Waals surface area contributed by atoms with Gasteiger partial charge in [0.2, 0.25) is 0 Å². The molecule has 1 aliphatic heterocycles. The third-order valence-electron chi connectivity index (χ3n) is 2.42. The van der Waals surface area contributed by atoms with Crippen LogP contribution in [-0.2, 0) is 9.53 Å². The Morgan fingerprint density at radius 2 is 2.25 bits per heavy atom. The predicted molar refractivity (Wildman–Crippen MR) is 62.7 cm³/mol. The van der Waals surface area contributed by atoms with Crippen molar-refractivity contribution in [1.82, 2.24) is 0 Å². The molecule has 16 heavy (non-hydrogen) atoms. The van der Waals surface area contributed by atoms with Crippen LogP contribution in [0.5, 0.6) is 0 Å². The normalized spacial score (nSPS) is 16.8. The van der Waals surface area contributed by atoms with Gasteiger partial charge in [-0.05, 0) is 26.2 Å². The lowest BCUT2D eigenvalue weighted by Crippen LogP contribution is -2.17. The lowest BCUT2D eigenvalue weighted by molar-refractivity contribution is -0.138. The fraction of sp³-hybridized carbons (Fsp3) is 0.667. The van der Waals surface area contributed by atoms with E-state index in [-0.39, 0.29) is 5.76 Å². The van der Waals surface area contributed by atoms with E-state index in [1.807, 2.05) is 6.92 Å². The summed E-state index contributed by atoms with van der Waals surface area (Å²) >= 11 is 0. The molecule has 0 amide bonds. The van der Waals surface area contributed by atoms with E-state index < -0.39 is 5.97 Å². The van der Waals surface area contributed by atoms with Gasteiger partial charge >= 0.3 is 5.97 Å². The second kappa shape index (κ2) is 6.30. The smallest absolute Gasteiger partial charge is 0.343 e. The first kappa shape index (κ1) is 12.7. The van der Waals surface area contributed by atoms with E-state index in [1.54, 1.807) is 6.92 Å². The summed E-state index contributed by atoms with van der Waals surface area (Å²) in [5.74, 6) is -0.337. The number of carbonyl (C=O) groups excluding carboxylic acids is 1. The zero-order valence-corrected chi connectivity index (χ0v) is 9.95. The van der Waals surface area contributed by atoms with Crippen molar-refractivity contribution in [2.24, 2.45) is 4.99 Å². The second-order valence-electron chi connectivity index (χ2n) is 3.72. The van der Waals surface area contributed by atoms with Gasteiger partial charge in [-0.1, -0.05) is 6.92 Å². The van der Waals surface area contributed by atoms with Gasteiger partial charge in [-0.3, -0.25) is 4.99 Å². The lowest BCUT2D eigenvalue weighted by Gasteiger charge is -2.09. The summed E-state index contributed by atoms with van der Waals surface area (Å²) in [6.45, 7) is 4.75. The fourth-order valence-electron chi connectivity index (χ4n) is 1.71. The highest BCUT2D eigenvalue weighted by Crippen LogP contribution is 2.18. The van der Waals surface area contributed by atoms with Gasteiger partial charge < -0.3 is 9.84 Å². The highest BCUT2D eigenvalue weighted by molar-refractivity contribution is 6.20. The summed E-state index contributed by atoms with van der Waals surface area (Å²) in [7, 11) is 0. The first-order valence-electron chi connectivity index (χ1n) is 5.83. The van der Waals surface area contributed by atoms with Crippen molar-refractivity contribution >= 4 is 11.7 Å². The van der Waals surface area contributed by atoms with Crippen LogP contribution in [0.3, 0.4) is 0 Å². The quantitative estimate of drug-likeness (QED) is 0.444.